The summed E-state index contributed by atoms with van der Waals surface area (Å²) in [4.78, 5) is 33.0. The largest absolute Gasteiger partial charge is 0.496 e. The molecular weight excluding hydrogens is 512 g/mol. The second kappa shape index (κ2) is 11.0. The van der Waals surface area contributed by atoms with Gasteiger partial charge >= 0.3 is 0 Å². The number of nitrogens with zero attached hydrogens (tertiary/aromatic N) is 3. The number of hydrogen-bond donors (Lipinski definition) is 1. The Morgan fingerprint density at radius 1 is 1.00 bits per heavy atom. The van der Waals surface area contributed by atoms with Crippen molar-refractivity contribution in [1.29, 1.82) is 0 Å². The molecule has 0 aliphatic heterocycles. The summed E-state index contributed by atoms with van der Waals surface area (Å²) in [6.45, 7) is 0.213. The first-order valence-corrected chi connectivity index (χ1v) is 10.4. The summed E-state index contributed by atoms with van der Waals surface area (Å²) in [6.07, 6.45) is 1.40. The Morgan fingerprint density at radius 2 is 1.65 bits per heavy atom. The molecule has 3 aromatic carbocycles. The Kier molecular flexibility index (Phi) is 7.88. The number of rotatable bonds is 9. The summed E-state index contributed by atoms with van der Waals surface area (Å²) in [5.74, 6) is 0.0513. The zero-order valence-electron chi connectivity index (χ0n) is 17.6. The third-order valence-corrected chi connectivity index (χ3v) is 5.14. The average Bonchev–Trinajstić information content (AvgIpc) is 2.83. The summed E-state index contributed by atoms with van der Waals surface area (Å²) in [6, 6.07) is 14.9. The molecule has 11 nitrogen and oxygen atoms in total. The molecule has 0 radical (unpaired) electrons. The number of methoxy groups -OCH3 is 1. The molecule has 0 saturated heterocycles. The number of amides is 1. The van der Waals surface area contributed by atoms with Crippen LogP contribution in [0.15, 0.2) is 70.2 Å². The Bertz CT molecular complexity index is 1260. The number of halogens is 1. The minimum atomic E-state index is -0.668. The fraction of sp³-hybridized carbons (Fsp3) is 0.0909. The average molecular weight is 529 g/mol. The van der Waals surface area contributed by atoms with Crippen molar-refractivity contribution in [1.82, 2.24) is 5.43 Å². The highest BCUT2D eigenvalue weighted by atomic mass is 79.9. The smallest absolute Gasteiger partial charge is 0.275 e. The molecule has 0 aromatic heterocycles. The number of carbonyl (C=O) groups excluding carboxylic acids is 1. The van der Waals surface area contributed by atoms with Gasteiger partial charge in [0.1, 0.15) is 18.1 Å². The fourth-order valence-corrected chi connectivity index (χ4v) is 3.31. The molecule has 0 heterocycles. The topological polar surface area (TPSA) is 146 Å². The molecule has 0 atom stereocenters. The van der Waals surface area contributed by atoms with Gasteiger partial charge in [0.25, 0.3) is 17.3 Å². The highest BCUT2D eigenvalue weighted by Gasteiger charge is 2.17. The van der Waals surface area contributed by atoms with Crippen LogP contribution in [-0.4, -0.2) is 29.1 Å². The van der Waals surface area contributed by atoms with Gasteiger partial charge in [0.15, 0.2) is 0 Å². The van der Waals surface area contributed by atoms with E-state index < -0.39 is 15.8 Å². The van der Waals surface area contributed by atoms with Crippen molar-refractivity contribution in [2.24, 2.45) is 5.10 Å². The lowest BCUT2D eigenvalue weighted by molar-refractivity contribution is -0.385. The third kappa shape index (κ3) is 6.13. The predicted octanol–water partition coefficient (Wildman–Crippen LogP) is 4.62. The number of non-ortho nitro benzene ring substituents is 2. The van der Waals surface area contributed by atoms with Gasteiger partial charge in [-0.05, 0) is 63.5 Å². The van der Waals surface area contributed by atoms with Crippen LogP contribution in [0.2, 0.25) is 0 Å². The van der Waals surface area contributed by atoms with E-state index in [1.165, 1.54) is 37.6 Å². The summed E-state index contributed by atoms with van der Waals surface area (Å²) >= 11 is 3.41. The highest BCUT2D eigenvalue weighted by Crippen LogP contribution is 2.27. The van der Waals surface area contributed by atoms with E-state index in [1.807, 2.05) is 0 Å². The van der Waals surface area contributed by atoms with Crippen molar-refractivity contribution >= 4 is 39.4 Å². The van der Waals surface area contributed by atoms with Crippen molar-refractivity contribution in [3.8, 4) is 11.5 Å². The second-order valence-corrected chi connectivity index (χ2v) is 7.60. The van der Waals surface area contributed by atoms with Crippen LogP contribution >= 0.6 is 15.9 Å². The molecule has 3 rings (SSSR count). The van der Waals surface area contributed by atoms with Crippen molar-refractivity contribution < 1.29 is 24.1 Å². The molecule has 0 bridgehead atoms. The maximum atomic E-state index is 12.4. The van der Waals surface area contributed by atoms with Gasteiger partial charge in [-0.3, -0.25) is 25.0 Å². The van der Waals surface area contributed by atoms with Crippen LogP contribution in [0.5, 0.6) is 11.5 Å². The number of benzene rings is 3. The van der Waals surface area contributed by atoms with E-state index >= 15 is 0 Å². The standard InChI is InChI=1S/C22H17BrN4O7/c1-33-20-9-7-17(27(31)32)11-18(20)22(28)25-24-12-15-4-8-21(19(23)10-15)34-13-14-2-5-16(6-3-14)26(29)30/h2-12H,13H2,1H3,(H,25,28)/b24-12-. The molecule has 0 spiro atoms. The van der Waals surface area contributed by atoms with Crippen molar-refractivity contribution in [2.45, 2.75) is 6.61 Å². The molecule has 0 fully saturated rings. The molecule has 34 heavy (non-hydrogen) atoms. The molecule has 0 saturated carbocycles. The van der Waals surface area contributed by atoms with Gasteiger partial charge < -0.3 is 9.47 Å². The van der Waals surface area contributed by atoms with Crippen molar-refractivity contribution in [3.05, 3.63) is 102 Å². The Balaban J connectivity index is 1.62. The van der Waals surface area contributed by atoms with Gasteiger partial charge in [-0.25, -0.2) is 5.43 Å². The molecule has 0 aliphatic carbocycles. The molecule has 174 valence electrons. The van der Waals surface area contributed by atoms with Gasteiger partial charge in [-0.15, -0.1) is 0 Å². The number of hydrazone groups is 1. The first-order valence-electron chi connectivity index (χ1n) is 9.60. The lowest BCUT2D eigenvalue weighted by Gasteiger charge is -2.09. The summed E-state index contributed by atoms with van der Waals surface area (Å²) in [5, 5.41) is 25.6. The summed E-state index contributed by atoms with van der Waals surface area (Å²) in [7, 11) is 1.35. The molecule has 1 N–H and O–H groups in total. The van der Waals surface area contributed by atoms with Crippen molar-refractivity contribution in [3.63, 3.8) is 0 Å². The normalized spacial score (nSPS) is 10.6. The third-order valence-electron chi connectivity index (χ3n) is 4.52. The SMILES string of the molecule is COc1ccc([N+](=O)[O-])cc1C(=O)N/N=C\c1ccc(OCc2ccc([N+](=O)[O-])cc2)c(Br)c1. The Morgan fingerprint density at radius 3 is 2.26 bits per heavy atom. The van der Waals surface area contributed by atoms with Crippen LogP contribution in [0.4, 0.5) is 11.4 Å². The van der Waals surface area contributed by atoms with E-state index in [0.29, 0.717) is 15.8 Å². The Hall–Kier alpha value is -4.32. The molecule has 0 aliphatic rings. The number of nitro benzene ring substituents is 2. The maximum absolute atomic E-state index is 12.4. The molecule has 1 amide bonds. The van der Waals surface area contributed by atoms with Gasteiger partial charge in [-0.2, -0.15) is 5.10 Å². The van der Waals surface area contributed by atoms with E-state index in [2.05, 4.69) is 26.5 Å². The van der Waals surface area contributed by atoms with Crippen LogP contribution in [-0.2, 0) is 6.61 Å². The number of hydrogen-bond acceptors (Lipinski definition) is 8. The van der Waals surface area contributed by atoms with Gasteiger partial charge in [0.2, 0.25) is 0 Å². The number of nitro groups is 2. The minimum absolute atomic E-state index is 0.00425. The summed E-state index contributed by atoms with van der Waals surface area (Å²) in [5.41, 5.74) is 3.45. The maximum Gasteiger partial charge on any atom is 0.275 e. The predicted molar refractivity (Wildman–Crippen MR) is 126 cm³/mol. The van der Waals surface area contributed by atoms with E-state index in [4.69, 9.17) is 9.47 Å². The zero-order valence-corrected chi connectivity index (χ0v) is 19.2. The highest BCUT2D eigenvalue weighted by molar-refractivity contribution is 9.10. The number of nitrogens with one attached hydrogen (secondary N) is 1. The van der Waals surface area contributed by atoms with E-state index in [9.17, 15) is 25.0 Å². The van der Waals surface area contributed by atoms with E-state index in [-0.39, 0.29) is 29.3 Å². The van der Waals surface area contributed by atoms with Crippen LogP contribution in [0, 0.1) is 20.2 Å². The van der Waals surface area contributed by atoms with Gasteiger partial charge in [0.05, 0.1) is 33.2 Å². The van der Waals surface area contributed by atoms with Gasteiger partial charge in [-0.1, -0.05) is 0 Å². The lowest BCUT2D eigenvalue weighted by Crippen LogP contribution is -2.18. The monoisotopic (exact) mass is 528 g/mol. The molecule has 0 unspecified atom stereocenters. The van der Waals surface area contributed by atoms with E-state index in [1.54, 1.807) is 30.3 Å². The van der Waals surface area contributed by atoms with Crippen LogP contribution < -0.4 is 14.9 Å². The second-order valence-electron chi connectivity index (χ2n) is 6.74. The molecular formula is C22H17BrN4O7. The molecule has 3 aromatic rings. The van der Waals surface area contributed by atoms with Crippen molar-refractivity contribution in [2.75, 3.05) is 7.11 Å². The Labute approximate surface area is 201 Å². The number of ether oxygens (including phenoxy) is 2. The minimum Gasteiger partial charge on any atom is -0.496 e. The summed E-state index contributed by atoms with van der Waals surface area (Å²) < 4.78 is 11.4. The fourth-order valence-electron chi connectivity index (χ4n) is 2.80. The number of carbonyl (C=O) groups is 1. The molecule has 12 heteroatoms. The van der Waals surface area contributed by atoms with Crippen LogP contribution in [0.3, 0.4) is 0 Å². The first-order chi connectivity index (χ1) is 16.3. The van der Waals surface area contributed by atoms with Crippen LogP contribution in [0.25, 0.3) is 0 Å². The lowest BCUT2D eigenvalue weighted by atomic mass is 10.1. The van der Waals surface area contributed by atoms with Crippen LogP contribution in [0.1, 0.15) is 21.5 Å². The quantitative estimate of drug-likeness (QED) is 0.242. The zero-order chi connectivity index (χ0) is 24.7. The first kappa shape index (κ1) is 24.3. The van der Waals surface area contributed by atoms with E-state index in [0.717, 1.165) is 11.6 Å². The van der Waals surface area contributed by atoms with Gasteiger partial charge in [0, 0.05) is 24.3 Å².